The number of carbonyl (C=O) groups excluding carboxylic acids is 3. The molecule has 0 aromatic carbocycles. The number of aromatic nitrogens is 6. The van der Waals surface area contributed by atoms with Crippen LogP contribution in [0.5, 0.6) is 5.88 Å². The average molecular weight is 637 g/mol. The standard InChI is InChI=1S/C31H31F3N8O4/c1-15-6-7-24(46-31(32,33)34)38-28(15)39-29(45)22-11-30(5)9-8-23(30)42(22)25(44)14-41-27-16(2)37-21(19-12-35-18(4)36-13-19)10-20(27)26(40-41)17(3)43/h6-7,10,12-13,22-23H,8-9,11,14H2,1-5H3,(H,38,39,45)/t22-,23+,30+/m0/s1. The van der Waals surface area contributed by atoms with Gasteiger partial charge in [0, 0.05) is 42.4 Å². The van der Waals surface area contributed by atoms with E-state index in [0.29, 0.717) is 52.1 Å². The fraction of sp³-hybridized carbons (Fsp3) is 0.419. The summed E-state index contributed by atoms with van der Waals surface area (Å²) in [6, 6.07) is 3.02. The lowest BCUT2D eigenvalue weighted by Gasteiger charge is -2.44. The number of amides is 2. The second-order valence-electron chi connectivity index (χ2n) is 12.2. The van der Waals surface area contributed by atoms with Gasteiger partial charge in [-0.3, -0.25) is 24.0 Å². The van der Waals surface area contributed by atoms with E-state index in [1.807, 2.05) is 6.92 Å². The third kappa shape index (κ3) is 5.65. The Kier molecular flexibility index (Phi) is 7.52. The summed E-state index contributed by atoms with van der Waals surface area (Å²) < 4.78 is 43.7. The Bertz CT molecular complexity index is 1890. The number of ether oxygens (including phenoxy) is 1. The molecule has 3 atom stereocenters. The molecular formula is C31H31F3N8O4. The predicted molar refractivity (Wildman–Crippen MR) is 159 cm³/mol. The molecule has 1 saturated heterocycles. The van der Waals surface area contributed by atoms with Crippen LogP contribution < -0.4 is 10.1 Å². The van der Waals surface area contributed by atoms with Crippen molar-refractivity contribution in [1.82, 2.24) is 34.6 Å². The van der Waals surface area contributed by atoms with Gasteiger partial charge in [-0.05, 0) is 57.1 Å². The summed E-state index contributed by atoms with van der Waals surface area (Å²) in [7, 11) is 0. The maximum atomic E-state index is 14.0. The van der Waals surface area contributed by atoms with Gasteiger partial charge in [0.1, 0.15) is 29.9 Å². The van der Waals surface area contributed by atoms with Crippen molar-refractivity contribution in [2.24, 2.45) is 5.41 Å². The number of fused-ring (bicyclic) bond motifs is 2. The summed E-state index contributed by atoms with van der Waals surface area (Å²) in [5.41, 5.74) is 2.54. The number of hydrogen-bond acceptors (Lipinski definition) is 9. The van der Waals surface area contributed by atoms with Crippen molar-refractivity contribution in [2.75, 3.05) is 5.32 Å². The number of rotatable bonds is 7. The zero-order valence-corrected chi connectivity index (χ0v) is 25.8. The number of anilines is 1. The van der Waals surface area contributed by atoms with Crippen molar-refractivity contribution in [3.8, 4) is 17.1 Å². The SMILES string of the molecule is CC(=O)c1nn(CC(=O)N2[C@H](C(=O)Nc3nc(OC(F)(F)F)ccc3C)C[C@@]3(C)CC[C@@H]23)c2c(C)nc(-c3cnc(C)nc3)cc12. The van der Waals surface area contributed by atoms with Gasteiger partial charge >= 0.3 is 6.36 Å². The van der Waals surface area contributed by atoms with E-state index in [1.54, 1.807) is 44.1 Å². The van der Waals surface area contributed by atoms with Gasteiger partial charge in [-0.25, -0.2) is 9.97 Å². The first-order valence-corrected chi connectivity index (χ1v) is 14.7. The molecule has 1 aliphatic carbocycles. The zero-order chi connectivity index (χ0) is 33.1. The normalized spacial score (nSPS) is 20.7. The summed E-state index contributed by atoms with van der Waals surface area (Å²) in [5.74, 6) is -1.46. The third-order valence-corrected chi connectivity index (χ3v) is 8.84. The minimum atomic E-state index is -4.95. The molecule has 2 aliphatic rings. The second-order valence-corrected chi connectivity index (χ2v) is 12.2. The number of nitrogens with zero attached hydrogens (tertiary/aromatic N) is 7. The molecule has 2 fully saturated rings. The Morgan fingerprint density at radius 3 is 2.46 bits per heavy atom. The molecule has 0 spiro atoms. The van der Waals surface area contributed by atoms with Crippen LogP contribution in [0.2, 0.25) is 0 Å². The van der Waals surface area contributed by atoms with Gasteiger partial charge in [0.15, 0.2) is 5.78 Å². The molecule has 4 aromatic rings. The Labute approximate surface area is 261 Å². The molecule has 12 nitrogen and oxygen atoms in total. The van der Waals surface area contributed by atoms with Gasteiger partial charge in [0.05, 0.1) is 16.9 Å². The summed E-state index contributed by atoms with van der Waals surface area (Å²) >= 11 is 0. The fourth-order valence-corrected chi connectivity index (χ4v) is 6.47. The molecule has 0 unspecified atom stereocenters. The van der Waals surface area contributed by atoms with Crippen LogP contribution in [-0.2, 0) is 16.1 Å². The van der Waals surface area contributed by atoms with Crippen molar-refractivity contribution in [3.05, 3.63) is 53.4 Å². The monoisotopic (exact) mass is 636 g/mol. The van der Waals surface area contributed by atoms with Gasteiger partial charge in [-0.2, -0.15) is 10.1 Å². The number of halogens is 3. The van der Waals surface area contributed by atoms with Crippen LogP contribution in [0, 0.1) is 26.2 Å². The smallest absolute Gasteiger partial charge is 0.388 e. The maximum Gasteiger partial charge on any atom is 0.574 e. The predicted octanol–water partition coefficient (Wildman–Crippen LogP) is 4.72. The molecule has 4 aromatic heterocycles. The second kappa shape index (κ2) is 11.1. The van der Waals surface area contributed by atoms with Crippen LogP contribution in [0.15, 0.2) is 30.6 Å². The minimum Gasteiger partial charge on any atom is -0.388 e. The van der Waals surface area contributed by atoms with E-state index in [4.69, 9.17) is 0 Å². The average Bonchev–Trinajstić information content (AvgIpc) is 3.43. The van der Waals surface area contributed by atoms with E-state index >= 15 is 0 Å². The maximum absolute atomic E-state index is 14.0. The minimum absolute atomic E-state index is 0.0933. The molecule has 46 heavy (non-hydrogen) atoms. The fourth-order valence-electron chi connectivity index (χ4n) is 6.47. The molecule has 1 N–H and O–H groups in total. The van der Waals surface area contributed by atoms with Crippen molar-refractivity contribution >= 4 is 34.3 Å². The zero-order valence-electron chi connectivity index (χ0n) is 25.8. The Balaban J connectivity index is 1.30. The summed E-state index contributed by atoms with van der Waals surface area (Å²) in [4.78, 5) is 58.9. The number of aryl methyl sites for hydroxylation is 3. The van der Waals surface area contributed by atoms with Gasteiger partial charge in [-0.1, -0.05) is 13.0 Å². The first-order chi connectivity index (χ1) is 21.6. The molecule has 2 amide bonds. The topological polar surface area (TPSA) is 145 Å². The molecule has 240 valence electrons. The number of nitrogens with one attached hydrogen (secondary N) is 1. The van der Waals surface area contributed by atoms with Gasteiger partial charge < -0.3 is 15.0 Å². The van der Waals surface area contributed by atoms with E-state index in [-0.39, 0.29) is 41.2 Å². The van der Waals surface area contributed by atoms with Crippen molar-refractivity contribution in [1.29, 1.82) is 0 Å². The van der Waals surface area contributed by atoms with Crippen LogP contribution in [0.4, 0.5) is 19.0 Å². The van der Waals surface area contributed by atoms with E-state index in [9.17, 15) is 27.6 Å². The van der Waals surface area contributed by atoms with Crippen LogP contribution in [0.1, 0.15) is 60.7 Å². The van der Waals surface area contributed by atoms with Gasteiger partial charge in [-0.15, -0.1) is 13.2 Å². The number of likely N-dealkylation sites (tertiary alicyclic amines) is 1. The molecule has 6 rings (SSSR count). The van der Waals surface area contributed by atoms with E-state index in [0.717, 1.165) is 12.5 Å². The van der Waals surface area contributed by atoms with Crippen molar-refractivity contribution in [2.45, 2.75) is 78.9 Å². The summed E-state index contributed by atoms with van der Waals surface area (Å²) in [6.07, 6.45) is 0.207. The molecule has 5 heterocycles. The van der Waals surface area contributed by atoms with Gasteiger partial charge in [0.2, 0.25) is 17.7 Å². The molecule has 0 radical (unpaired) electrons. The van der Waals surface area contributed by atoms with Gasteiger partial charge in [0.25, 0.3) is 0 Å². The Morgan fingerprint density at radius 1 is 1.11 bits per heavy atom. The summed E-state index contributed by atoms with van der Waals surface area (Å²) in [6.45, 7) is 8.26. The Morgan fingerprint density at radius 2 is 1.83 bits per heavy atom. The first-order valence-electron chi connectivity index (χ1n) is 14.7. The highest BCUT2D eigenvalue weighted by atomic mass is 19.4. The first kappa shape index (κ1) is 31.0. The highest BCUT2D eigenvalue weighted by molar-refractivity contribution is 6.06. The largest absolute Gasteiger partial charge is 0.574 e. The summed E-state index contributed by atoms with van der Waals surface area (Å²) in [5, 5.41) is 7.65. The number of ketones is 1. The molecule has 1 saturated carbocycles. The van der Waals surface area contributed by atoms with Crippen LogP contribution >= 0.6 is 0 Å². The lowest BCUT2D eigenvalue weighted by molar-refractivity contribution is -0.276. The van der Waals surface area contributed by atoms with Crippen LogP contribution in [0.3, 0.4) is 0 Å². The van der Waals surface area contributed by atoms with E-state index in [2.05, 4.69) is 35.1 Å². The third-order valence-electron chi connectivity index (χ3n) is 8.84. The van der Waals surface area contributed by atoms with Crippen LogP contribution in [-0.4, -0.2) is 70.7 Å². The molecule has 15 heteroatoms. The Hall–Kier alpha value is -4.95. The van der Waals surface area contributed by atoms with Crippen molar-refractivity contribution in [3.63, 3.8) is 0 Å². The number of carbonyl (C=O) groups is 3. The quantitative estimate of drug-likeness (QED) is 0.285. The number of Topliss-reactive ketones (excluding diaryl/α,β-unsaturated/α-hetero) is 1. The number of alkyl halides is 3. The molecule has 0 bridgehead atoms. The highest BCUT2D eigenvalue weighted by Crippen LogP contribution is 2.54. The number of pyridine rings is 2. The molecule has 1 aliphatic heterocycles. The lowest BCUT2D eigenvalue weighted by atomic mass is 9.66. The molecular weight excluding hydrogens is 605 g/mol. The lowest BCUT2D eigenvalue weighted by Crippen LogP contribution is -2.52. The van der Waals surface area contributed by atoms with Crippen LogP contribution in [0.25, 0.3) is 22.2 Å². The van der Waals surface area contributed by atoms with E-state index < -0.39 is 24.2 Å². The highest BCUT2D eigenvalue weighted by Gasteiger charge is 2.58. The van der Waals surface area contributed by atoms with Crippen molar-refractivity contribution < 1.29 is 32.3 Å². The number of hydrogen-bond donors (Lipinski definition) is 1. The van der Waals surface area contributed by atoms with E-state index in [1.165, 1.54) is 17.7 Å².